The lowest BCUT2D eigenvalue weighted by atomic mass is 10.0. The van der Waals surface area contributed by atoms with E-state index in [2.05, 4.69) is 17.1 Å². The van der Waals surface area contributed by atoms with Crippen LogP contribution in [0.15, 0.2) is 0 Å². The zero-order valence-electron chi connectivity index (χ0n) is 11.2. The van der Waals surface area contributed by atoms with Crippen LogP contribution in [-0.4, -0.2) is 66.2 Å². The predicted octanol–water partition coefficient (Wildman–Crippen LogP) is 0.587. The molecule has 1 aliphatic rings. The summed E-state index contributed by atoms with van der Waals surface area (Å²) in [5.74, 6) is -0.894. The molecule has 104 valence electrons. The number of aliphatic carboxylic acids is 1. The van der Waals surface area contributed by atoms with Crippen molar-refractivity contribution in [3.05, 3.63) is 0 Å². The number of carboxylic acid groups (broad SMARTS) is 1. The van der Waals surface area contributed by atoms with Crippen LogP contribution in [0.2, 0.25) is 0 Å². The van der Waals surface area contributed by atoms with E-state index in [0.29, 0.717) is 0 Å². The van der Waals surface area contributed by atoms with Gasteiger partial charge in [0.05, 0.1) is 6.42 Å². The molecule has 0 atom stereocenters. The van der Waals surface area contributed by atoms with Crippen molar-refractivity contribution >= 4 is 12.0 Å². The molecule has 0 bridgehead atoms. The topological polar surface area (TPSA) is 72.9 Å². The van der Waals surface area contributed by atoms with Gasteiger partial charge in [-0.05, 0) is 19.4 Å². The normalized spacial score (nSPS) is 17.4. The number of likely N-dealkylation sites (tertiary alicyclic amines) is 1. The maximum absolute atomic E-state index is 11.8. The van der Waals surface area contributed by atoms with Crippen LogP contribution >= 0.6 is 0 Å². The van der Waals surface area contributed by atoms with Crippen molar-refractivity contribution in [2.45, 2.75) is 32.2 Å². The molecule has 1 fully saturated rings. The van der Waals surface area contributed by atoms with E-state index in [0.717, 1.165) is 32.5 Å². The van der Waals surface area contributed by atoms with Gasteiger partial charge in [-0.2, -0.15) is 0 Å². The summed E-state index contributed by atoms with van der Waals surface area (Å²) in [6.45, 7) is 5.43. The zero-order chi connectivity index (χ0) is 13.5. The van der Waals surface area contributed by atoms with Crippen LogP contribution in [0.25, 0.3) is 0 Å². The zero-order valence-corrected chi connectivity index (χ0v) is 11.2. The Bertz CT molecular complexity index is 288. The average Bonchev–Trinajstić information content (AvgIpc) is 2.37. The van der Waals surface area contributed by atoms with Crippen LogP contribution in [0.3, 0.4) is 0 Å². The molecule has 0 aromatic rings. The predicted molar refractivity (Wildman–Crippen MR) is 68.6 cm³/mol. The summed E-state index contributed by atoms with van der Waals surface area (Å²) in [5, 5.41) is 11.1. The fourth-order valence-corrected chi connectivity index (χ4v) is 2.19. The molecule has 0 aromatic carbocycles. The molecule has 2 amide bonds. The second-order valence-corrected chi connectivity index (χ2v) is 4.65. The standard InChI is InChI=1S/C12H23N3O3/c1-3-15-8-5-10(6-9-15)14(2)12(18)13-7-4-11(16)17/h10H,3-9H2,1-2H3,(H,13,18)(H,16,17). The number of urea groups is 1. The van der Waals surface area contributed by atoms with Gasteiger partial charge in [0.1, 0.15) is 0 Å². The van der Waals surface area contributed by atoms with Gasteiger partial charge in [0, 0.05) is 32.7 Å². The van der Waals surface area contributed by atoms with Crippen LogP contribution in [0.4, 0.5) is 4.79 Å². The molecule has 1 saturated heterocycles. The van der Waals surface area contributed by atoms with Gasteiger partial charge in [-0.25, -0.2) is 4.79 Å². The Morgan fingerprint density at radius 3 is 2.50 bits per heavy atom. The van der Waals surface area contributed by atoms with Gasteiger partial charge in [-0.3, -0.25) is 4.79 Å². The number of piperidine rings is 1. The molecular weight excluding hydrogens is 234 g/mol. The summed E-state index contributed by atoms with van der Waals surface area (Å²) in [5.41, 5.74) is 0. The van der Waals surface area contributed by atoms with E-state index < -0.39 is 5.97 Å². The molecule has 0 radical (unpaired) electrons. The van der Waals surface area contributed by atoms with Crippen molar-refractivity contribution in [3.63, 3.8) is 0 Å². The van der Waals surface area contributed by atoms with Gasteiger partial charge >= 0.3 is 12.0 Å². The number of carbonyl (C=O) groups is 2. The van der Waals surface area contributed by atoms with Crippen LogP contribution in [-0.2, 0) is 4.79 Å². The highest BCUT2D eigenvalue weighted by atomic mass is 16.4. The summed E-state index contributed by atoms with van der Waals surface area (Å²) in [6, 6.07) is 0.0869. The summed E-state index contributed by atoms with van der Waals surface area (Å²) in [4.78, 5) is 26.2. The lowest BCUT2D eigenvalue weighted by Gasteiger charge is -2.36. The van der Waals surface area contributed by atoms with Crippen molar-refractivity contribution in [1.82, 2.24) is 15.1 Å². The fourth-order valence-electron chi connectivity index (χ4n) is 2.19. The Morgan fingerprint density at radius 2 is 2.00 bits per heavy atom. The van der Waals surface area contributed by atoms with Gasteiger partial charge in [0.2, 0.25) is 0 Å². The monoisotopic (exact) mass is 257 g/mol. The van der Waals surface area contributed by atoms with Crippen LogP contribution in [0.1, 0.15) is 26.2 Å². The number of rotatable bonds is 5. The number of nitrogens with zero attached hydrogens (tertiary/aromatic N) is 2. The van der Waals surface area contributed by atoms with E-state index in [1.807, 2.05) is 0 Å². The van der Waals surface area contributed by atoms with Crippen LogP contribution in [0, 0.1) is 0 Å². The molecule has 0 unspecified atom stereocenters. The van der Waals surface area contributed by atoms with E-state index in [-0.39, 0.29) is 25.0 Å². The Balaban J connectivity index is 2.28. The molecule has 2 N–H and O–H groups in total. The number of carbonyl (C=O) groups excluding carboxylic acids is 1. The largest absolute Gasteiger partial charge is 0.481 e. The summed E-state index contributed by atoms with van der Waals surface area (Å²) in [6.07, 6.45) is 1.93. The number of hydrogen-bond donors (Lipinski definition) is 2. The van der Waals surface area contributed by atoms with Crippen molar-refractivity contribution in [2.24, 2.45) is 0 Å². The van der Waals surface area contributed by atoms with Crippen LogP contribution in [0.5, 0.6) is 0 Å². The van der Waals surface area contributed by atoms with Crippen LogP contribution < -0.4 is 5.32 Å². The molecular formula is C12H23N3O3. The number of carboxylic acids is 1. The maximum atomic E-state index is 11.8. The lowest BCUT2D eigenvalue weighted by molar-refractivity contribution is -0.136. The van der Waals surface area contributed by atoms with Gasteiger partial charge < -0.3 is 20.2 Å². The molecule has 1 rings (SSSR count). The number of nitrogens with one attached hydrogen (secondary N) is 1. The smallest absolute Gasteiger partial charge is 0.317 e. The first kappa shape index (κ1) is 14.8. The van der Waals surface area contributed by atoms with Crippen molar-refractivity contribution in [3.8, 4) is 0 Å². The molecule has 0 saturated carbocycles. The van der Waals surface area contributed by atoms with Gasteiger partial charge in [-0.15, -0.1) is 0 Å². The summed E-state index contributed by atoms with van der Waals surface area (Å²) >= 11 is 0. The molecule has 0 spiro atoms. The Kier molecular flexibility index (Phi) is 5.91. The molecule has 6 nitrogen and oxygen atoms in total. The van der Waals surface area contributed by atoms with Crippen molar-refractivity contribution < 1.29 is 14.7 Å². The number of hydrogen-bond acceptors (Lipinski definition) is 3. The van der Waals surface area contributed by atoms with E-state index in [4.69, 9.17) is 5.11 Å². The highest BCUT2D eigenvalue weighted by Crippen LogP contribution is 2.14. The molecule has 0 aliphatic carbocycles. The average molecular weight is 257 g/mol. The lowest BCUT2D eigenvalue weighted by Crippen LogP contribution is -2.49. The minimum Gasteiger partial charge on any atom is -0.481 e. The molecule has 1 heterocycles. The third-order valence-electron chi connectivity index (χ3n) is 3.49. The minimum atomic E-state index is -0.894. The Labute approximate surface area is 108 Å². The second kappa shape index (κ2) is 7.20. The molecule has 6 heteroatoms. The third-order valence-corrected chi connectivity index (χ3v) is 3.49. The van der Waals surface area contributed by atoms with Crippen molar-refractivity contribution in [2.75, 3.05) is 33.2 Å². The SMILES string of the molecule is CCN1CCC(N(C)C(=O)NCCC(=O)O)CC1. The van der Waals surface area contributed by atoms with Crippen molar-refractivity contribution in [1.29, 1.82) is 0 Å². The van der Waals surface area contributed by atoms with Gasteiger partial charge in [0.25, 0.3) is 0 Å². The first-order chi connectivity index (χ1) is 8.54. The first-order valence-electron chi connectivity index (χ1n) is 6.49. The molecule has 18 heavy (non-hydrogen) atoms. The Morgan fingerprint density at radius 1 is 1.39 bits per heavy atom. The first-order valence-corrected chi connectivity index (χ1v) is 6.49. The fraction of sp³-hybridized carbons (Fsp3) is 0.833. The van der Waals surface area contributed by atoms with Gasteiger partial charge in [-0.1, -0.05) is 6.92 Å². The van der Waals surface area contributed by atoms with E-state index in [1.165, 1.54) is 0 Å². The number of amides is 2. The second-order valence-electron chi connectivity index (χ2n) is 4.65. The summed E-state index contributed by atoms with van der Waals surface area (Å²) < 4.78 is 0. The summed E-state index contributed by atoms with van der Waals surface area (Å²) in [7, 11) is 1.78. The third kappa shape index (κ3) is 4.52. The Hall–Kier alpha value is -1.30. The minimum absolute atomic E-state index is 0.0339. The van der Waals surface area contributed by atoms with E-state index in [1.54, 1.807) is 11.9 Å². The highest BCUT2D eigenvalue weighted by molar-refractivity contribution is 5.75. The highest BCUT2D eigenvalue weighted by Gasteiger charge is 2.24. The molecule has 0 aromatic heterocycles. The maximum Gasteiger partial charge on any atom is 0.317 e. The molecule has 1 aliphatic heterocycles. The quantitative estimate of drug-likeness (QED) is 0.756. The van der Waals surface area contributed by atoms with E-state index in [9.17, 15) is 9.59 Å². The van der Waals surface area contributed by atoms with Gasteiger partial charge in [0.15, 0.2) is 0 Å². The van der Waals surface area contributed by atoms with E-state index >= 15 is 0 Å².